The minimum Gasteiger partial charge on any atom is -0.497 e. The van der Waals surface area contributed by atoms with Crippen molar-refractivity contribution in [2.75, 3.05) is 13.7 Å². The number of rotatable bonds is 12. The average Bonchev–Trinajstić information content (AvgIpc) is 2.83. The van der Waals surface area contributed by atoms with Gasteiger partial charge in [-0.25, -0.2) is 0 Å². The van der Waals surface area contributed by atoms with Crippen molar-refractivity contribution in [3.8, 4) is 17.2 Å². The van der Waals surface area contributed by atoms with Gasteiger partial charge in [0.25, 0.3) is 0 Å². The van der Waals surface area contributed by atoms with Crippen LogP contribution in [0.15, 0.2) is 66.7 Å². The normalized spacial score (nSPS) is 11.5. The molecule has 0 fully saturated rings. The van der Waals surface area contributed by atoms with E-state index in [1.165, 1.54) is 0 Å². The molecule has 178 valence electrons. The monoisotopic (exact) mass is 462 g/mol. The average molecular weight is 463 g/mol. The van der Waals surface area contributed by atoms with Gasteiger partial charge in [-0.05, 0) is 61.7 Å². The molecule has 1 N–H and O–H groups in total. The molecule has 0 aliphatic heterocycles. The summed E-state index contributed by atoms with van der Waals surface area (Å²) in [7, 11) is 1.56. The van der Waals surface area contributed by atoms with Gasteiger partial charge < -0.3 is 19.3 Å². The Morgan fingerprint density at radius 2 is 1.71 bits per heavy atom. The summed E-state index contributed by atoms with van der Waals surface area (Å²) in [6, 6.07) is 20.0. The van der Waals surface area contributed by atoms with Gasteiger partial charge in [-0.3, -0.25) is 9.59 Å². The zero-order chi connectivity index (χ0) is 24.5. The lowest BCUT2D eigenvalue weighted by molar-refractivity contribution is -0.136. The number of aryl methyl sites for hydroxylation is 2. The van der Waals surface area contributed by atoms with Crippen molar-refractivity contribution in [1.82, 2.24) is 0 Å². The maximum Gasteiger partial charge on any atom is 0.303 e. The van der Waals surface area contributed by atoms with Crippen LogP contribution < -0.4 is 14.2 Å². The zero-order valence-corrected chi connectivity index (χ0v) is 19.7. The number of carbonyl (C=O) groups excluding carboxylic acids is 1. The van der Waals surface area contributed by atoms with Crippen LogP contribution in [0.3, 0.4) is 0 Å². The van der Waals surface area contributed by atoms with Crippen molar-refractivity contribution in [3.63, 3.8) is 0 Å². The first-order valence-corrected chi connectivity index (χ1v) is 11.3. The van der Waals surface area contributed by atoms with Gasteiger partial charge in [-0.1, -0.05) is 36.4 Å². The van der Waals surface area contributed by atoms with Crippen molar-refractivity contribution >= 4 is 11.8 Å². The lowest BCUT2D eigenvalue weighted by Gasteiger charge is -2.18. The summed E-state index contributed by atoms with van der Waals surface area (Å²) in [5, 5.41) is 8.86. The molecule has 6 nitrogen and oxygen atoms in total. The summed E-state index contributed by atoms with van der Waals surface area (Å²) in [5.74, 6) is 0.884. The summed E-state index contributed by atoms with van der Waals surface area (Å²) in [4.78, 5) is 23.9. The van der Waals surface area contributed by atoms with Crippen LogP contribution in [0.5, 0.6) is 17.2 Å². The second kappa shape index (κ2) is 11.9. The summed E-state index contributed by atoms with van der Waals surface area (Å²) >= 11 is 0. The number of ketones is 1. The highest BCUT2D eigenvalue weighted by Gasteiger charge is 2.18. The standard InChI is InChI=1S/C28H30O6/c1-19-17-24(11-9-21(19)10-14-27(29)30)33-16-15-20(2)34-26-13-12-23(32-3)18-25(26)28(31)22-7-5-4-6-8-22/h4-9,11-13,17-18,20H,10,14-16H2,1-3H3,(H,29,30)/t20-/m1/s1. The van der Waals surface area contributed by atoms with Gasteiger partial charge in [0, 0.05) is 18.4 Å². The highest BCUT2D eigenvalue weighted by Crippen LogP contribution is 2.28. The third-order valence-corrected chi connectivity index (χ3v) is 5.51. The molecule has 0 saturated carbocycles. The van der Waals surface area contributed by atoms with E-state index < -0.39 is 5.97 Å². The molecule has 0 aliphatic rings. The van der Waals surface area contributed by atoms with Crippen LogP contribution in [0, 0.1) is 6.92 Å². The van der Waals surface area contributed by atoms with E-state index in [9.17, 15) is 9.59 Å². The number of aliphatic carboxylic acids is 1. The maximum atomic E-state index is 13.1. The largest absolute Gasteiger partial charge is 0.497 e. The molecule has 3 aromatic carbocycles. The van der Waals surface area contributed by atoms with E-state index in [1.54, 1.807) is 37.4 Å². The predicted molar refractivity (Wildman–Crippen MR) is 130 cm³/mol. The fraction of sp³-hybridized carbons (Fsp3) is 0.286. The van der Waals surface area contributed by atoms with Gasteiger partial charge in [-0.15, -0.1) is 0 Å². The summed E-state index contributed by atoms with van der Waals surface area (Å²) in [6.07, 6.45) is 1.03. The second-order valence-corrected chi connectivity index (χ2v) is 8.10. The maximum absolute atomic E-state index is 13.1. The summed E-state index contributed by atoms with van der Waals surface area (Å²) in [5.41, 5.74) is 3.04. The lowest BCUT2D eigenvalue weighted by Crippen LogP contribution is -2.17. The Bertz CT molecular complexity index is 1120. The molecule has 6 heteroatoms. The van der Waals surface area contributed by atoms with Crippen LogP contribution >= 0.6 is 0 Å². The predicted octanol–water partition coefficient (Wildman–Crippen LogP) is 5.49. The topological polar surface area (TPSA) is 82.1 Å². The Morgan fingerprint density at radius 1 is 0.971 bits per heavy atom. The van der Waals surface area contributed by atoms with E-state index in [1.807, 2.05) is 50.2 Å². The number of carboxylic acid groups (broad SMARTS) is 1. The smallest absolute Gasteiger partial charge is 0.303 e. The van der Waals surface area contributed by atoms with E-state index in [-0.39, 0.29) is 18.3 Å². The van der Waals surface area contributed by atoms with Crippen LogP contribution in [0.1, 0.15) is 46.8 Å². The molecule has 0 spiro atoms. The van der Waals surface area contributed by atoms with Crippen LogP contribution in [0.25, 0.3) is 0 Å². The number of methoxy groups -OCH3 is 1. The quantitative estimate of drug-likeness (QED) is 0.359. The highest BCUT2D eigenvalue weighted by atomic mass is 16.5. The van der Waals surface area contributed by atoms with Crippen LogP contribution in [-0.4, -0.2) is 36.7 Å². The van der Waals surface area contributed by atoms with Gasteiger partial charge in [0.05, 0.1) is 25.4 Å². The number of hydrogen-bond donors (Lipinski definition) is 1. The molecule has 0 saturated heterocycles. The number of ether oxygens (including phenoxy) is 3. The van der Waals surface area contributed by atoms with Crippen LogP contribution in [0.2, 0.25) is 0 Å². The molecule has 34 heavy (non-hydrogen) atoms. The fourth-order valence-electron chi connectivity index (χ4n) is 3.56. The first-order chi connectivity index (χ1) is 16.4. The van der Waals surface area contributed by atoms with Gasteiger partial charge in [0.2, 0.25) is 0 Å². The molecular formula is C28H30O6. The van der Waals surface area contributed by atoms with Crippen molar-refractivity contribution in [1.29, 1.82) is 0 Å². The molecular weight excluding hydrogens is 432 g/mol. The lowest BCUT2D eigenvalue weighted by atomic mass is 10.0. The molecule has 3 aromatic rings. The molecule has 1 atom stereocenters. The highest BCUT2D eigenvalue weighted by molar-refractivity contribution is 6.10. The molecule has 0 radical (unpaired) electrons. The summed E-state index contributed by atoms with van der Waals surface area (Å²) in [6.45, 7) is 4.32. The molecule has 0 unspecified atom stereocenters. The first-order valence-electron chi connectivity index (χ1n) is 11.3. The Hall–Kier alpha value is -3.80. The molecule has 0 aliphatic carbocycles. The van der Waals surface area contributed by atoms with E-state index >= 15 is 0 Å². The number of carbonyl (C=O) groups is 2. The molecule has 0 heterocycles. The molecule has 3 rings (SSSR count). The minimum absolute atomic E-state index is 0.107. The Labute approximate surface area is 200 Å². The van der Waals surface area contributed by atoms with Gasteiger partial charge in [0.15, 0.2) is 5.78 Å². The van der Waals surface area contributed by atoms with E-state index in [2.05, 4.69) is 0 Å². The van der Waals surface area contributed by atoms with Gasteiger partial charge in [0.1, 0.15) is 17.2 Å². The van der Waals surface area contributed by atoms with Crippen LogP contribution in [-0.2, 0) is 11.2 Å². The van der Waals surface area contributed by atoms with Gasteiger partial charge in [-0.2, -0.15) is 0 Å². The van der Waals surface area contributed by atoms with Crippen molar-refractivity contribution < 1.29 is 28.9 Å². The molecule has 0 bridgehead atoms. The first kappa shape index (κ1) is 24.8. The number of carboxylic acids is 1. The third kappa shape index (κ3) is 6.85. The molecule has 0 aromatic heterocycles. The minimum atomic E-state index is -0.806. The molecule has 0 amide bonds. The van der Waals surface area contributed by atoms with Gasteiger partial charge >= 0.3 is 5.97 Å². The van der Waals surface area contributed by atoms with Crippen molar-refractivity contribution in [2.24, 2.45) is 0 Å². The SMILES string of the molecule is COc1ccc(O[C@H](C)CCOc2ccc(CCC(=O)O)c(C)c2)c(C(=O)c2ccccc2)c1. The summed E-state index contributed by atoms with van der Waals surface area (Å²) < 4.78 is 17.3. The van der Waals surface area contributed by atoms with Crippen molar-refractivity contribution in [2.45, 2.75) is 39.2 Å². The van der Waals surface area contributed by atoms with E-state index in [0.717, 1.165) is 16.9 Å². The van der Waals surface area contributed by atoms with E-state index in [0.29, 0.717) is 42.1 Å². The Morgan fingerprint density at radius 3 is 2.38 bits per heavy atom. The fourth-order valence-corrected chi connectivity index (χ4v) is 3.56. The number of benzene rings is 3. The Kier molecular flexibility index (Phi) is 8.68. The third-order valence-electron chi connectivity index (χ3n) is 5.51. The number of hydrogen-bond acceptors (Lipinski definition) is 5. The second-order valence-electron chi connectivity index (χ2n) is 8.10. The zero-order valence-electron chi connectivity index (χ0n) is 19.7. The Balaban J connectivity index is 1.61. The van der Waals surface area contributed by atoms with Crippen LogP contribution in [0.4, 0.5) is 0 Å². The van der Waals surface area contributed by atoms with E-state index in [4.69, 9.17) is 19.3 Å². The van der Waals surface area contributed by atoms with Crippen molar-refractivity contribution in [3.05, 3.63) is 89.0 Å².